The first-order chi connectivity index (χ1) is 6.66. The Hall–Kier alpha value is -1.84. The number of hydrogen-bond donors (Lipinski definition) is 2. The number of aryl methyl sites for hydroxylation is 1. The van der Waals surface area contributed by atoms with Crippen molar-refractivity contribution in [1.29, 1.82) is 0 Å². The molecule has 1 aromatic carbocycles. The molecule has 0 fully saturated rings. The largest absolute Gasteiger partial charge is 0.369 e. The van der Waals surface area contributed by atoms with Crippen LogP contribution in [0.3, 0.4) is 0 Å². The summed E-state index contributed by atoms with van der Waals surface area (Å²) in [6.45, 7) is 1.72. The molecule has 0 amide bonds. The van der Waals surface area contributed by atoms with Crippen LogP contribution in [0.2, 0.25) is 0 Å². The first kappa shape index (κ1) is 8.74. The predicted octanol–water partition coefficient (Wildman–Crippen LogP) is 2.11. The molecule has 0 aliphatic heterocycles. The molecule has 0 aliphatic rings. The van der Waals surface area contributed by atoms with Crippen molar-refractivity contribution in [2.45, 2.75) is 6.92 Å². The van der Waals surface area contributed by atoms with Gasteiger partial charge in [-0.25, -0.2) is 9.37 Å². The standard InChI is InChI=1S/C10H10FN3/c1-6-2-3-7(4-8(6)11)9-5-13-10(12)14-9/h2-5H,1H3,(H3,12,13,14). The summed E-state index contributed by atoms with van der Waals surface area (Å²) in [6.07, 6.45) is 1.58. The lowest BCUT2D eigenvalue weighted by Crippen LogP contribution is -1.87. The molecular formula is C10H10FN3. The van der Waals surface area contributed by atoms with Gasteiger partial charge in [-0.1, -0.05) is 12.1 Å². The van der Waals surface area contributed by atoms with Crippen LogP contribution in [0.4, 0.5) is 10.3 Å². The molecule has 14 heavy (non-hydrogen) atoms. The molecule has 2 rings (SSSR count). The summed E-state index contributed by atoms with van der Waals surface area (Å²) < 4.78 is 13.2. The van der Waals surface area contributed by atoms with E-state index in [1.807, 2.05) is 6.07 Å². The van der Waals surface area contributed by atoms with E-state index in [2.05, 4.69) is 9.97 Å². The number of halogens is 1. The molecule has 0 spiro atoms. The fourth-order valence-electron chi connectivity index (χ4n) is 1.24. The molecule has 72 valence electrons. The molecule has 0 unspecified atom stereocenters. The smallest absolute Gasteiger partial charge is 0.197 e. The van der Waals surface area contributed by atoms with E-state index in [4.69, 9.17) is 5.73 Å². The Bertz CT molecular complexity index is 462. The van der Waals surface area contributed by atoms with E-state index < -0.39 is 0 Å². The summed E-state index contributed by atoms with van der Waals surface area (Å²) in [5, 5.41) is 0. The highest BCUT2D eigenvalue weighted by Crippen LogP contribution is 2.20. The Labute approximate surface area is 80.8 Å². The third-order valence-electron chi connectivity index (χ3n) is 2.08. The van der Waals surface area contributed by atoms with E-state index in [0.29, 0.717) is 11.5 Å². The van der Waals surface area contributed by atoms with E-state index in [9.17, 15) is 4.39 Å². The van der Waals surface area contributed by atoms with E-state index in [1.54, 1.807) is 19.2 Å². The number of anilines is 1. The number of hydrogen-bond acceptors (Lipinski definition) is 2. The minimum absolute atomic E-state index is 0.226. The number of aromatic nitrogens is 2. The van der Waals surface area contributed by atoms with Crippen molar-refractivity contribution in [3.63, 3.8) is 0 Å². The highest BCUT2D eigenvalue weighted by atomic mass is 19.1. The van der Waals surface area contributed by atoms with Crippen LogP contribution in [0.15, 0.2) is 24.4 Å². The molecule has 3 nitrogen and oxygen atoms in total. The van der Waals surface area contributed by atoms with Crippen molar-refractivity contribution in [3.05, 3.63) is 35.8 Å². The first-order valence-corrected chi connectivity index (χ1v) is 4.24. The van der Waals surface area contributed by atoms with Gasteiger partial charge in [0.2, 0.25) is 0 Å². The summed E-state index contributed by atoms with van der Waals surface area (Å²) in [6, 6.07) is 5.01. The zero-order chi connectivity index (χ0) is 10.1. The van der Waals surface area contributed by atoms with Gasteiger partial charge < -0.3 is 10.7 Å². The normalized spacial score (nSPS) is 10.4. The molecule has 3 N–H and O–H groups in total. The van der Waals surface area contributed by atoms with Crippen LogP contribution in [-0.2, 0) is 0 Å². The van der Waals surface area contributed by atoms with Gasteiger partial charge in [-0.2, -0.15) is 0 Å². The molecule has 0 saturated carbocycles. The van der Waals surface area contributed by atoms with Crippen LogP contribution in [0.1, 0.15) is 5.56 Å². The van der Waals surface area contributed by atoms with Crippen molar-refractivity contribution < 1.29 is 4.39 Å². The number of rotatable bonds is 1. The van der Waals surface area contributed by atoms with Crippen LogP contribution < -0.4 is 5.73 Å². The van der Waals surface area contributed by atoms with Gasteiger partial charge in [0.05, 0.1) is 11.9 Å². The highest BCUT2D eigenvalue weighted by Gasteiger charge is 2.03. The molecule has 0 aliphatic carbocycles. The van der Waals surface area contributed by atoms with E-state index in [0.717, 1.165) is 11.3 Å². The number of nitrogens with zero attached hydrogens (tertiary/aromatic N) is 1. The summed E-state index contributed by atoms with van der Waals surface area (Å²) >= 11 is 0. The van der Waals surface area contributed by atoms with Crippen LogP contribution in [0.5, 0.6) is 0 Å². The third-order valence-corrected chi connectivity index (χ3v) is 2.08. The van der Waals surface area contributed by atoms with Crippen LogP contribution >= 0.6 is 0 Å². The lowest BCUT2D eigenvalue weighted by atomic mass is 10.1. The second-order valence-corrected chi connectivity index (χ2v) is 3.15. The zero-order valence-electron chi connectivity index (χ0n) is 7.71. The minimum Gasteiger partial charge on any atom is -0.369 e. The number of nitrogen functional groups attached to an aromatic ring is 1. The molecule has 1 aromatic heterocycles. The third kappa shape index (κ3) is 1.46. The zero-order valence-corrected chi connectivity index (χ0v) is 7.71. The number of nitrogens with two attached hydrogens (primary N) is 1. The fourth-order valence-corrected chi connectivity index (χ4v) is 1.24. The maximum atomic E-state index is 13.2. The Morgan fingerprint density at radius 2 is 2.21 bits per heavy atom. The van der Waals surface area contributed by atoms with Gasteiger partial charge >= 0.3 is 0 Å². The molecular weight excluding hydrogens is 181 g/mol. The Kier molecular flexibility index (Phi) is 1.96. The average molecular weight is 191 g/mol. The van der Waals surface area contributed by atoms with E-state index in [-0.39, 0.29) is 5.82 Å². The van der Waals surface area contributed by atoms with Crippen molar-refractivity contribution in [2.75, 3.05) is 5.73 Å². The van der Waals surface area contributed by atoms with Gasteiger partial charge in [-0.3, -0.25) is 0 Å². The van der Waals surface area contributed by atoms with Gasteiger partial charge in [0.15, 0.2) is 5.95 Å². The van der Waals surface area contributed by atoms with Crippen molar-refractivity contribution >= 4 is 5.95 Å². The molecule has 0 radical (unpaired) electrons. The summed E-state index contributed by atoms with van der Waals surface area (Å²) in [5.74, 6) is 0.108. The molecule has 0 atom stereocenters. The number of H-pyrrole nitrogens is 1. The van der Waals surface area contributed by atoms with Gasteiger partial charge in [-0.15, -0.1) is 0 Å². The average Bonchev–Trinajstić information content (AvgIpc) is 2.57. The van der Waals surface area contributed by atoms with Crippen LogP contribution in [0, 0.1) is 12.7 Å². The maximum absolute atomic E-state index is 13.2. The Morgan fingerprint density at radius 1 is 1.43 bits per heavy atom. The quantitative estimate of drug-likeness (QED) is 0.725. The van der Waals surface area contributed by atoms with Gasteiger partial charge in [0.25, 0.3) is 0 Å². The second-order valence-electron chi connectivity index (χ2n) is 3.15. The van der Waals surface area contributed by atoms with Crippen LogP contribution in [0.25, 0.3) is 11.3 Å². The number of nitrogens with one attached hydrogen (secondary N) is 1. The number of aromatic amines is 1. The lowest BCUT2D eigenvalue weighted by Gasteiger charge is -1.99. The summed E-state index contributed by atoms with van der Waals surface area (Å²) in [4.78, 5) is 6.68. The van der Waals surface area contributed by atoms with Crippen LogP contribution in [-0.4, -0.2) is 9.97 Å². The minimum atomic E-state index is -0.226. The second kappa shape index (κ2) is 3.14. The molecule has 4 heteroatoms. The van der Waals surface area contributed by atoms with E-state index in [1.165, 1.54) is 6.07 Å². The SMILES string of the molecule is Cc1ccc(-c2cnc(N)[nH]2)cc1F. The first-order valence-electron chi connectivity index (χ1n) is 4.24. The number of imidazole rings is 1. The molecule has 0 saturated heterocycles. The van der Waals surface area contributed by atoms with Crippen molar-refractivity contribution in [2.24, 2.45) is 0 Å². The molecule has 1 heterocycles. The van der Waals surface area contributed by atoms with Gasteiger partial charge in [0.1, 0.15) is 5.82 Å². The predicted molar refractivity (Wildman–Crippen MR) is 53.1 cm³/mol. The maximum Gasteiger partial charge on any atom is 0.197 e. The summed E-state index contributed by atoms with van der Waals surface area (Å²) in [7, 11) is 0. The Balaban J connectivity index is 2.47. The van der Waals surface area contributed by atoms with Crippen molar-refractivity contribution in [3.8, 4) is 11.3 Å². The lowest BCUT2D eigenvalue weighted by molar-refractivity contribution is 0.619. The van der Waals surface area contributed by atoms with Crippen molar-refractivity contribution in [1.82, 2.24) is 9.97 Å². The molecule has 0 bridgehead atoms. The molecule has 2 aromatic rings. The topological polar surface area (TPSA) is 54.7 Å². The van der Waals surface area contributed by atoms with Gasteiger partial charge in [0, 0.05) is 5.56 Å². The van der Waals surface area contributed by atoms with Gasteiger partial charge in [-0.05, 0) is 18.6 Å². The Morgan fingerprint density at radius 3 is 2.79 bits per heavy atom. The monoisotopic (exact) mass is 191 g/mol. The highest BCUT2D eigenvalue weighted by molar-refractivity contribution is 5.60. The number of benzene rings is 1. The van der Waals surface area contributed by atoms with E-state index >= 15 is 0 Å². The fraction of sp³-hybridized carbons (Fsp3) is 0.100. The summed E-state index contributed by atoms with van der Waals surface area (Å²) in [5.41, 5.74) is 7.52.